The van der Waals surface area contributed by atoms with E-state index in [0.717, 1.165) is 22.7 Å². The molecule has 0 unspecified atom stereocenters. The molecule has 4 heteroatoms. The van der Waals surface area contributed by atoms with Gasteiger partial charge in [-0.3, -0.25) is 9.90 Å². The van der Waals surface area contributed by atoms with Gasteiger partial charge in [-0.2, -0.15) is 0 Å². The van der Waals surface area contributed by atoms with Crippen LogP contribution in [0.5, 0.6) is 11.5 Å². The molecule has 0 amide bonds. The van der Waals surface area contributed by atoms with Gasteiger partial charge in [-0.05, 0) is 30.3 Å². The molecule has 0 aliphatic heterocycles. The molecule has 106 valence electrons. The van der Waals surface area contributed by atoms with Gasteiger partial charge >= 0.3 is 0 Å². The van der Waals surface area contributed by atoms with Crippen molar-refractivity contribution in [1.82, 2.24) is 0 Å². The molecule has 4 nitrogen and oxygen atoms in total. The van der Waals surface area contributed by atoms with Crippen LogP contribution in [-0.4, -0.2) is 21.3 Å². The van der Waals surface area contributed by atoms with E-state index in [2.05, 4.69) is 0 Å². The highest BCUT2D eigenvalue weighted by molar-refractivity contribution is 5.52. The van der Waals surface area contributed by atoms with Gasteiger partial charge < -0.3 is 9.47 Å². The molecule has 2 aromatic rings. The monoisotopic (exact) mass is 273 g/mol. The van der Waals surface area contributed by atoms with Gasteiger partial charge in [-0.1, -0.05) is 18.2 Å². The number of hydrogen-bond donors (Lipinski definition) is 0. The molecule has 0 saturated heterocycles. The maximum Gasteiger partial charge on any atom is 0.133 e. The highest BCUT2D eigenvalue weighted by atomic mass is 16.7. The van der Waals surface area contributed by atoms with Crippen LogP contribution in [0.2, 0.25) is 0 Å². The van der Waals surface area contributed by atoms with Crippen molar-refractivity contribution in [2.24, 2.45) is 0 Å². The minimum Gasteiger partial charge on any atom is -0.457 e. The van der Waals surface area contributed by atoms with E-state index in [9.17, 15) is 0 Å². The standard InChI is InChI=1S/C16H19NO3/c1-17(19-3)14-9-10-16(13(11-14)12-18-2)20-15-7-5-4-6-8-15/h4-11H,12H2,1-3H3. The van der Waals surface area contributed by atoms with Crippen LogP contribution in [0.25, 0.3) is 0 Å². The fraction of sp³-hybridized carbons (Fsp3) is 0.250. The smallest absolute Gasteiger partial charge is 0.133 e. The molecule has 0 heterocycles. The van der Waals surface area contributed by atoms with Crippen LogP contribution >= 0.6 is 0 Å². The van der Waals surface area contributed by atoms with Gasteiger partial charge in [0.15, 0.2) is 0 Å². The largest absolute Gasteiger partial charge is 0.457 e. The summed E-state index contributed by atoms with van der Waals surface area (Å²) >= 11 is 0. The van der Waals surface area contributed by atoms with E-state index in [-0.39, 0.29) is 0 Å². The van der Waals surface area contributed by atoms with Crippen molar-refractivity contribution >= 4 is 5.69 Å². The van der Waals surface area contributed by atoms with Gasteiger partial charge in [0, 0.05) is 19.7 Å². The number of hydrogen-bond acceptors (Lipinski definition) is 4. The Hall–Kier alpha value is -2.04. The van der Waals surface area contributed by atoms with Crippen molar-refractivity contribution in [2.45, 2.75) is 6.61 Å². The van der Waals surface area contributed by atoms with E-state index < -0.39 is 0 Å². The third-order valence-electron chi connectivity index (χ3n) is 2.95. The molecular weight excluding hydrogens is 254 g/mol. The Balaban J connectivity index is 2.27. The summed E-state index contributed by atoms with van der Waals surface area (Å²) in [5.41, 5.74) is 1.91. The van der Waals surface area contributed by atoms with Crippen LogP contribution in [0.3, 0.4) is 0 Å². The van der Waals surface area contributed by atoms with Crippen LogP contribution in [0.4, 0.5) is 5.69 Å². The third-order valence-corrected chi connectivity index (χ3v) is 2.95. The molecule has 0 atom stereocenters. The Morgan fingerprint density at radius 2 is 1.75 bits per heavy atom. The number of ether oxygens (including phenoxy) is 2. The molecule has 0 aliphatic carbocycles. The summed E-state index contributed by atoms with van der Waals surface area (Å²) in [6.45, 7) is 0.480. The summed E-state index contributed by atoms with van der Waals surface area (Å²) in [5, 5.41) is 1.69. The van der Waals surface area contributed by atoms with Crippen LogP contribution in [0.1, 0.15) is 5.56 Å². The number of benzene rings is 2. The predicted molar refractivity (Wildman–Crippen MR) is 79.1 cm³/mol. The highest BCUT2D eigenvalue weighted by Gasteiger charge is 2.09. The number of rotatable bonds is 6. The van der Waals surface area contributed by atoms with Crippen molar-refractivity contribution in [2.75, 3.05) is 26.3 Å². The van der Waals surface area contributed by atoms with E-state index in [1.165, 1.54) is 0 Å². The lowest BCUT2D eigenvalue weighted by Gasteiger charge is -2.18. The Morgan fingerprint density at radius 3 is 2.40 bits per heavy atom. The highest BCUT2D eigenvalue weighted by Crippen LogP contribution is 2.29. The molecule has 0 fully saturated rings. The second kappa shape index (κ2) is 6.93. The second-order valence-corrected chi connectivity index (χ2v) is 4.32. The number of nitrogens with zero attached hydrogens (tertiary/aromatic N) is 1. The summed E-state index contributed by atoms with van der Waals surface area (Å²) in [5.74, 6) is 1.59. The summed E-state index contributed by atoms with van der Waals surface area (Å²) in [4.78, 5) is 5.18. The molecule has 2 rings (SSSR count). The molecule has 0 aromatic heterocycles. The van der Waals surface area contributed by atoms with Crippen LogP contribution in [0, 0.1) is 0 Å². The molecule has 0 N–H and O–H groups in total. The van der Waals surface area contributed by atoms with Crippen molar-refractivity contribution < 1.29 is 14.3 Å². The summed E-state index contributed by atoms with van der Waals surface area (Å²) in [6, 6.07) is 15.5. The summed E-state index contributed by atoms with van der Waals surface area (Å²) in [7, 11) is 5.15. The average Bonchev–Trinajstić information content (AvgIpc) is 2.49. The number of para-hydroxylation sites is 1. The fourth-order valence-electron chi connectivity index (χ4n) is 1.85. The van der Waals surface area contributed by atoms with Gasteiger partial charge in [0.25, 0.3) is 0 Å². The lowest BCUT2D eigenvalue weighted by Crippen LogP contribution is -2.14. The quantitative estimate of drug-likeness (QED) is 0.752. The minimum atomic E-state index is 0.480. The first kappa shape index (κ1) is 14.4. The Morgan fingerprint density at radius 1 is 1.00 bits per heavy atom. The SMILES string of the molecule is COCc1cc(N(C)OC)ccc1Oc1ccccc1. The lowest BCUT2D eigenvalue weighted by molar-refractivity contribution is 0.179. The van der Waals surface area contributed by atoms with Gasteiger partial charge in [0.05, 0.1) is 19.4 Å². The first-order chi connectivity index (χ1) is 9.74. The Bertz CT molecular complexity index is 543. The second-order valence-electron chi connectivity index (χ2n) is 4.32. The zero-order valence-corrected chi connectivity index (χ0v) is 12.0. The first-order valence-electron chi connectivity index (χ1n) is 6.37. The molecule has 0 bridgehead atoms. The lowest BCUT2D eigenvalue weighted by atomic mass is 10.2. The molecule has 0 spiro atoms. The van der Waals surface area contributed by atoms with Crippen molar-refractivity contribution in [3.63, 3.8) is 0 Å². The van der Waals surface area contributed by atoms with Crippen molar-refractivity contribution in [3.05, 3.63) is 54.1 Å². The fourth-order valence-corrected chi connectivity index (χ4v) is 1.85. The topological polar surface area (TPSA) is 30.9 Å². The maximum absolute atomic E-state index is 5.89. The predicted octanol–water partition coefficient (Wildman–Crippen LogP) is 3.62. The van der Waals surface area contributed by atoms with Gasteiger partial charge in [-0.25, -0.2) is 0 Å². The maximum atomic E-state index is 5.89. The van der Waals surface area contributed by atoms with E-state index in [0.29, 0.717) is 6.61 Å². The number of anilines is 1. The minimum absolute atomic E-state index is 0.480. The zero-order chi connectivity index (χ0) is 14.4. The van der Waals surface area contributed by atoms with Crippen LogP contribution < -0.4 is 9.80 Å². The average molecular weight is 273 g/mol. The van der Waals surface area contributed by atoms with E-state index in [4.69, 9.17) is 14.3 Å². The van der Waals surface area contributed by atoms with E-state index in [1.54, 1.807) is 19.3 Å². The molecule has 0 aliphatic rings. The normalized spacial score (nSPS) is 10.3. The third kappa shape index (κ3) is 3.50. The summed E-state index contributed by atoms with van der Waals surface area (Å²) in [6.07, 6.45) is 0. The molecule has 2 aromatic carbocycles. The number of methoxy groups -OCH3 is 1. The molecule has 0 saturated carbocycles. The molecule has 0 radical (unpaired) electrons. The Labute approximate surface area is 119 Å². The Kier molecular flexibility index (Phi) is 4.98. The zero-order valence-electron chi connectivity index (χ0n) is 12.0. The number of hydroxylamine groups is 1. The molecule has 20 heavy (non-hydrogen) atoms. The van der Waals surface area contributed by atoms with Gasteiger partial charge in [0.2, 0.25) is 0 Å². The van der Waals surface area contributed by atoms with Crippen molar-refractivity contribution in [3.8, 4) is 11.5 Å². The van der Waals surface area contributed by atoms with E-state index in [1.807, 2.05) is 55.6 Å². The van der Waals surface area contributed by atoms with Gasteiger partial charge in [0.1, 0.15) is 11.5 Å². The molecular formula is C16H19NO3. The summed E-state index contributed by atoms with van der Waals surface area (Å²) < 4.78 is 11.1. The van der Waals surface area contributed by atoms with Gasteiger partial charge in [-0.15, -0.1) is 0 Å². The first-order valence-corrected chi connectivity index (χ1v) is 6.37. The van der Waals surface area contributed by atoms with Crippen LogP contribution in [-0.2, 0) is 16.2 Å². The van der Waals surface area contributed by atoms with Crippen LogP contribution in [0.15, 0.2) is 48.5 Å². The van der Waals surface area contributed by atoms with Crippen molar-refractivity contribution in [1.29, 1.82) is 0 Å². The van der Waals surface area contributed by atoms with E-state index >= 15 is 0 Å².